The van der Waals surface area contributed by atoms with Crippen molar-refractivity contribution < 1.29 is 23.8 Å². The van der Waals surface area contributed by atoms with Gasteiger partial charge >= 0.3 is 12.1 Å². The monoisotopic (exact) mass is 410 g/mol. The Morgan fingerprint density at radius 3 is 2.37 bits per heavy atom. The fraction of sp³-hybridized carbons (Fsp3) is 0.348. The Morgan fingerprint density at radius 1 is 1.03 bits per heavy atom. The number of benzene rings is 2. The Balaban J connectivity index is 1.74. The van der Waals surface area contributed by atoms with Gasteiger partial charge in [0.2, 0.25) is 0 Å². The van der Waals surface area contributed by atoms with Gasteiger partial charge in [0.05, 0.1) is 20.8 Å². The summed E-state index contributed by atoms with van der Waals surface area (Å²) in [5.74, 6) is 0.241. The summed E-state index contributed by atoms with van der Waals surface area (Å²) in [5, 5.41) is 0. The number of amides is 1. The summed E-state index contributed by atoms with van der Waals surface area (Å²) in [6.07, 6.45) is -0.0764. The molecule has 2 atom stereocenters. The van der Waals surface area contributed by atoms with Crippen molar-refractivity contribution in [3.63, 3.8) is 0 Å². The van der Waals surface area contributed by atoms with Crippen LogP contribution in [-0.2, 0) is 27.4 Å². The van der Waals surface area contributed by atoms with Crippen molar-refractivity contribution >= 4 is 17.8 Å². The summed E-state index contributed by atoms with van der Waals surface area (Å²) in [6.45, 7) is 2.40. The number of carbonyl (C=O) groups is 2. The van der Waals surface area contributed by atoms with Crippen molar-refractivity contribution in [3.8, 4) is 5.75 Å². The fourth-order valence-corrected chi connectivity index (χ4v) is 3.44. The van der Waals surface area contributed by atoms with Crippen LogP contribution in [0, 0.1) is 0 Å². The van der Waals surface area contributed by atoms with Crippen LogP contribution < -0.4 is 4.74 Å². The highest BCUT2D eigenvalue weighted by Gasteiger charge is 2.45. The largest absolute Gasteiger partial charge is 0.497 e. The Bertz CT molecular complexity index is 896. The second-order valence-corrected chi connectivity index (χ2v) is 7.08. The standard InChI is InChI=1S/C23H26N2O5/c1-16-13-20(24-14-17-9-11-19(28-2)12-10-17)21(22(26)29-3)25(16)23(27)30-15-18-7-5-4-6-8-18/h4-12,16,21H,13-15H2,1-3H3/t16-,21-/m1/s1. The Kier molecular flexibility index (Phi) is 7.06. The number of nitrogens with zero attached hydrogens (tertiary/aromatic N) is 2. The number of hydrogen-bond donors (Lipinski definition) is 0. The molecule has 1 fully saturated rings. The molecule has 158 valence electrons. The van der Waals surface area contributed by atoms with E-state index in [1.165, 1.54) is 12.0 Å². The van der Waals surface area contributed by atoms with Gasteiger partial charge in [-0.25, -0.2) is 9.59 Å². The van der Waals surface area contributed by atoms with Crippen LogP contribution in [0.25, 0.3) is 0 Å². The molecule has 0 saturated carbocycles. The molecule has 7 nitrogen and oxygen atoms in total. The molecule has 2 aromatic carbocycles. The first kappa shape index (κ1) is 21.4. The SMILES string of the molecule is COC(=O)[C@H]1C(=NCc2ccc(OC)cc2)C[C@@H](C)N1C(=O)OCc1ccccc1. The maximum Gasteiger partial charge on any atom is 0.411 e. The third kappa shape index (κ3) is 4.97. The van der Waals surface area contributed by atoms with Crippen molar-refractivity contribution in [2.24, 2.45) is 4.99 Å². The predicted molar refractivity (Wildman–Crippen MR) is 112 cm³/mol. The van der Waals surface area contributed by atoms with Crippen molar-refractivity contribution in [1.82, 2.24) is 4.90 Å². The molecule has 0 spiro atoms. The summed E-state index contributed by atoms with van der Waals surface area (Å²) in [6, 6.07) is 15.8. The van der Waals surface area contributed by atoms with Crippen LogP contribution >= 0.6 is 0 Å². The smallest absolute Gasteiger partial charge is 0.411 e. The molecular weight excluding hydrogens is 384 g/mol. The summed E-state index contributed by atoms with van der Waals surface area (Å²) in [7, 11) is 2.92. The lowest BCUT2D eigenvalue weighted by molar-refractivity contribution is -0.143. The first-order valence-electron chi connectivity index (χ1n) is 9.76. The molecule has 7 heteroatoms. The van der Waals surface area contributed by atoms with Crippen LogP contribution in [-0.4, -0.2) is 49.0 Å². The van der Waals surface area contributed by atoms with E-state index in [4.69, 9.17) is 14.2 Å². The number of carbonyl (C=O) groups excluding carboxylic acids is 2. The van der Waals surface area contributed by atoms with Crippen LogP contribution in [0.1, 0.15) is 24.5 Å². The van der Waals surface area contributed by atoms with Gasteiger partial charge in [-0.1, -0.05) is 42.5 Å². The lowest BCUT2D eigenvalue weighted by Crippen LogP contribution is -2.46. The molecule has 3 rings (SSSR count). The predicted octanol–water partition coefficient (Wildman–Crippen LogP) is 3.61. The molecule has 30 heavy (non-hydrogen) atoms. The topological polar surface area (TPSA) is 77.4 Å². The van der Waals surface area contributed by atoms with E-state index in [0.29, 0.717) is 18.7 Å². The molecule has 1 heterocycles. The third-order valence-electron chi connectivity index (χ3n) is 5.04. The molecule has 1 saturated heterocycles. The number of ether oxygens (including phenoxy) is 3. The highest BCUT2D eigenvalue weighted by atomic mass is 16.6. The highest BCUT2D eigenvalue weighted by molar-refractivity contribution is 6.10. The molecule has 1 aliphatic rings. The first-order valence-corrected chi connectivity index (χ1v) is 9.76. The van der Waals surface area contributed by atoms with Gasteiger partial charge in [0.1, 0.15) is 12.4 Å². The summed E-state index contributed by atoms with van der Waals surface area (Å²) in [5.41, 5.74) is 2.47. The zero-order valence-electron chi connectivity index (χ0n) is 17.4. The maximum absolute atomic E-state index is 12.8. The van der Waals surface area contributed by atoms with E-state index in [0.717, 1.165) is 16.9 Å². The van der Waals surface area contributed by atoms with Crippen molar-refractivity contribution in [2.45, 2.75) is 38.6 Å². The van der Waals surface area contributed by atoms with Crippen molar-refractivity contribution in [1.29, 1.82) is 0 Å². The molecule has 0 N–H and O–H groups in total. The van der Waals surface area contributed by atoms with E-state index < -0.39 is 18.1 Å². The zero-order chi connectivity index (χ0) is 21.5. The Morgan fingerprint density at radius 2 is 1.73 bits per heavy atom. The van der Waals surface area contributed by atoms with Gasteiger partial charge < -0.3 is 14.2 Å². The van der Waals surface area contributed by atoms with Gasteiger partial charge in [-0.2, -0.15) is 0 Å². The molecule has 0 bridgehead atoms. The number of hydrogen-bond acceptors (Lipinski definition) is 6. The number of likely N-dealkylation sites (tertiary alicyclic amines) is 1. The first-order chi connectivity index (χ1) is 14.5. The van der Waals surface area contributed by atoms with Crippen LogP contribution in [0.2, 0.25) is 0 Å². The van der Waals surface area contributed by atoms with Gasteiger partial charge in [0, 0.05) is 18.2 Å². The quantitative estimate of drug-likeness (QED) is 0.680. The molecule has 2 aromatic rings. The zero-order valence-corrected chi connectivity index (χ0v) is 17.4. The van der Waals surface area contributed by atoms with E-state index in [1.807, 2.05) is 61.5 Å². The molecule has 1 amide bonds. The number of esters is 1. The third-order valence-corrected chi connectivity index (χ3v) is 5.04. The maximum atomic E-state index is 12.8. The molecule has 0 unspecified atom stereocenters. The van der Waals surface area contributed by atoms with Gasteiger partial charge in [-0.15, -0.1) is 0 Å². The number of aliphatic imine (C=N–C) groups is 1. The van der Waals surface area contributed by atoms with E-state index in [9.17, 15) is 9.59 Å². The van der Waals surface area contributed by atoms with E-state index >= 15 is 0 Å². The van der Waals surface area contributed by atoms with Crippen LogP contribution in [0.15, 0.2) is 59.6 Å². The second-order valence-electron chi connectivity index (χ2n) is 7.08. The summed E-state index contributed by atoms with van der Waals surface area (Å²) in [4.78, 5) is 31.3. The minimum absolute atomic E-state index is 0.134. The van der Waals surface area contributed by atoms with E-state index in [-0.39, 0.29) is 12.6 Å². The number of methoxy groups -OCH3 is 2. The molecule has 0 radical (unpaired) electrons. The number of rotatable bonds is 6. The summed E-state index contributed by atoms with van der Waals surface area (Å²) < 4.78 is 15.6. The molecular formula is C23H26N2O5. The second kappa shape index (κ2) is 9.91. The fourth-order valence-electron chi connectivity index (χ4n) is 3.44. The van der Waals surface area contributed by atoms with Gasteiger partial charge in [0.25, 0.3) is 0 Å². The normalized spacial score (nSPS) is 19.6. The molecule has 1 aliphatic heterocycles. The Labute approximate surface area is 176 Å². The molecule has 0 aliphatic carbocycles. The minimum atomic E-state index is -0.883. The minimum Gasteiger partial charge on any atom is -0.497 e. The van der Waals surface area contributed by atoms with Crippen molar-refractivity contribution in [3.05, 3.63) is 65.7 Å². The Hall–Kier alpha value is -3.35. The lowest BCUT2D eigenvalue weighted by Gasteiger charge is -2.25. The highest BCUT2D eigenvalue weighted by Crippen LogP contribution is 2.25. The van der Waals surface area contributed by atoms with Gasteiger partial charge in [-0.3, -0.25) is 9.89 Å². The van der Waals surface area contributed by atoms with Crippen LogP contribution in [0.4, 0.5) is 4.79 Å². The van der Waals surface area contributed by atoms with Crippen LogP contribution in [0.5, 0.6) is 5.75 Å². The van der Waals surface area contributed by atoms with Crippen LogP contribution in [0.3, 0.4) is 0 Å². The summed E-state index contributed by atoms with van der Waals surface area (Å²) >= 11 is 0. The van der Waals surface area contributed by atoms with E-state index in [1.54, 1.807) is 7.11 Å². The lowest BCUT2D eigenvalue weighted by atomic mass is 10.1. The van der Waals surface area contributed by atoms with Gasteiger partial charge in [0.15, 0.2) is 6.04 Å². The van der Waals surface area contributed by atoms with E-state index in [2.05, 4.69) is 4.99 Å². The van der Waals surface area contributed by atoms with Crippen molar-refractivity contribution in [2.75, 3.05) is 14.2 Å². The van der Waals surface area contributed by atoms with Gasteiger partial charge in [-0.05, 0) is 30.2 Å². The molecule has 0 aromatic heterocycles. The average molecular weight is 410 g/mol. The average Bonchev–Trinajstić information content (AvgIpc) is 3.12.